The number of nitrogens with one attached hydrogen (secondary N) is 1. The monoisotopic (exact) mass is 370 g/mol. The molecular weight excluding hydrogens is 352 g/mol. The van der Waals surface area contributed by atoms with E-state index in [1.54, 1.807) is 0 Å². The van der Waals surface area contributed by atoms with E-state index in [-0.39, 0.29) is 12.3 Å². The maximum absolute atomic E-state index is 12.1. The molecule has 0 fully saturated rings. The van der Waals surface area contributed by atoms with Crippen molar-refractivity contribution < 1.29 is 14.0 Å². The van der Waals surface area contributed by atoms with Gasteiger partial charge in [-0.2, -0.15) is 11.3 Å². The minimum Gasteiger partial charge on any atom is -0.421 e. The van der Waals surface area contributed by atoms with Gasteiger partial charge in [-0.25, -0.2) is 0 Å². The van der Waals surface area contributed by atoms with Gasteiger partial charge in [-0.1, -0.05) is 30.3 Å². The Kier molecular flexibility index (Phi) is 5.75. The number of rotatable bonds is 8. The third kappa shape index (κ3) is 4.76. The number of thiophene rings is 1. The molecule has 1 aromatic carbocycles. The summed E-state index contributed by atoms with van der Waals surface area (Å²) >= 11 is 1.54. The third-order valence-corrected chi connectivity index (χ3v) is 4.45. The highest BCUT2D eigenvalue weighted by Crippen LogP contribution is 2.20. The Balaban J connectivity index is 1.53. The van der Waals surface area contributed by atoms with Gasteiger partial charge in [0.2, 0.25) is 23.6 Å². The zero-order valence-corrected chi connectivity index (χ0v) is 14.7. The smallest absolute Gasteiger partial charge is 0.248 e. The minimum absolute atomic E-state index is 0.129. The van der Waals surface area contributed by atoms with Crippen LogP contribution in [0.5, 0.6) is 0 Å². The van der Waals surface area contributed by atoms with E-state index in [2.05, 4.69) is 15.5 Å². The van der Waals surface area contributed by atoms with Gasteiger partial charge in [-0.3, -0.25) is 9.59 Å². The van der Waals surface area contributed by atoms with Crippen LogP contribution in [-0.2, 0) is 22.4 Å². The summed E-state index contributed by atoms with van der Waals surface area (Å²) in [5.74, 6) is -0.0551. The van der Waals surface area contributed by atoms with Crippen LogP contribution in [0, 0.1) is 0 Å². The van der Waals surface area contributed by atoms with Crippen LogP contribution < -0.4 is 11.1 Å². The molecule has 7 nitrogen and oxygen atoms in total. The molecule has 0 spiro atoms. The lowest BCUT2D eigenvalue weighted by Gasteiger charge is -2.15. The molecule has 0 saturated carbocycles. The van der Waals surface area contributed by atoms with Gasteiger partial charge in [0, 0.05) is 30.2 Å². The zero-order chi connectivity index (χ0) is 18.4. The van der Waals surface area contributed by atoms with E-state index >= 15 is 0 Å². The topological polar surface area (TPSA) is 111 Å². The number of benzene rings is 1. The molecule has 1 atom stereocenters. The van der Waals surface area contributed by atoms with Gasteiger partial charge < -0.3 is 15.5 Å². The summed E-state index contributed by atoms with van der Waals surface area (Å²) in [7, 11) is 0. The summed E-state index contributed by atoms with van der Waals surface area (Å²) in [6.45, 7) is 0. The van der Waals surface area contributed by atoms with Crippen molar-refractivity contribution in [2.75, 3.05) is 0 Å². The van der Waals surface area contributed by atoms with Crippen molar-refractivity contribution in [3.05, 3.63) is 58.6 Å². The molecule has 0 unspecified atom stereocenters. The van der Waals surface area contributed by atoms with Gasteiger partial charge in [-0.15, -0.1) is 10.2 Å². The summed E-state index contributed by atoms with van der Waals surface area (Å²) in [6.07, 6.45) is 0.772. The maximum atomic E-state index is 12.1. The Morgan fingerprint density at radius 1 is 1.19 bits per heavy atom. The second kappa shape index (κ2) is 8.39. The normalized spacial score (nSPS) is 11.8. The van der Waals surface area contributed by atoms with Gasteiger partial charge in [0.25, 0.3) is 0 Å². The summed E-state index contributed by atoms with van der Waals surface area (Å²) < 4.78 is 5.54. The van der Waals surface area contributed by atoms with Crippen LogP contribution in [0.2, 0.25) is 0 Å². The van der Waals surface area contributed by atoms with E-state index in [1.165, 1.54) is 11.3 Å². The van der Waals surface area contributed by atoms with Gasteiger partial charge in [0.05, 0.1) is 0 Å². The van der Waals surface area contributed by atoms with Crippen molar-refractivity contribution in [1.82, 2.24) is 15.5 Å². The molecule has 0 aliphatic carbocycles. The van der Waals surface area contributed by atoms with Crippen LogP contribution in [0.1, 0.15) is 17.9 Å². The first kappa shape index (κ1) is 17.8. The molecule has 3 N–H and O–H groups in total. The lowest BCUT2D eigenvalue weighted by Crippen LogP contribution is -2.45. The molecular formula is C18H18N4O3S. The molecule has 134 valence electrons. The average molecular weight is 370 g/mol. The standard InChI is InChI=1S/C18H18N4O3S/c19-17(24)14(10-12-4-2-1-3-5-12)20-15(23)6-7-16-21-22-18(25-16)13-8-9-26-11-13/h1-5,8-9,11,14H,6-7,10H2,(H2,19,24)(H,20,23)/t14-/m1/s1. The molecule has 0 bridgehead atoms. The third-order valence-electron chi connectivity index (χ3n) is 3.76. The van der Waals surface area contributed by atoms with Crippen LogP contribution >= 0.6 is 11.3 Å². The zero-order valence-electron chi connectivity index (χ0n) is 13.9. The molecule has 2 aromatic heterocycles. The number of nitrogens with zero attached hydrogens (tertiary/aromatic N) is 2. The van der Waals surface area contributed by atoms with E-state index in [9.17, 15) is 9.59 Å². The molecule has 0 radical (unpaired) electrons. The predicted molar refractivity (Wildman–Crippen MR) is 97.2 cm³/mol. The Hall–Kier alpha value is -3.00. The lowest BCUT2D eigenvalue weighted by atomic mass is 10.1. The highest BCUT2D eigenvalue weighted by Gasteiger charge is 2.19. The molecule has 2 amide bonds. The maximum Gasteiger partial charge on any atom is 0.248 e. The van der Waals surface area contributed by atoms with Crippen molar-refractivity contribution >= 4 is 23.2 Å². The van der Waals surface area contributed by atoms with Crippen molar-refractivity contribution in [3.63, 3.8) is 0 Å². The van der Waals surface area contributed by atoms with Crippen molar-refractivity contribution in [1.29, 1.82) is 0 Å². The van der Waals surface area contributed by atoms with Crippen LogP contribution in [0.15, 0.2) is 51.6 Å². The van der Waals surface area contributed by atoms with Gasteiger partial charge in [0.1, 0.15) is 6.04 Å². The van der Waals surface area contributed by atoms with Gasteiger partial charge in [-0.05, 0) is 17.0 Å². The molecule has 3 aromatic rings. The van der Waals surface area contributed by atoms with Gasteiger partial charge >= 0.3 is 0 Å². The number of carbonyl (C=O) groups excluding carboxylic acids is 2. The van der Waals surface area contributed by atoms with E-state index in [0.717, 1.165) is 11.1 Å². The number of nitrogens with two attached hydrogens (primary N) is 1. The molecule has 0 aliphatic heterocycles. The molecule has 3 rings (SSSR count). The number of carbonyl (C=O) groups is 2. The SMILES string of the molecule is NC(=O)[C@@H](Cc1ccccc1)NC(=O)CCc1nnc(-c2ccsc2)o1. The van der Waals surface area contributed by atoms with Crippen LogP contribution in [0.3, 0.4) is 0 Å². The first-order valence-electron chi connectivity index (χ1n) is 8.09. The quantitative estimate of drug-likeness (QED) is 0.629. The van der Waals surface area contributed by atoms with E-state index in [4.69, 9.17) is 10.2 Å². The molecule has 2 heterocycles. The van der Waals surface area contributed by atoms with E-state index in [0.29, 0.717) is 24.6 Å². The number of aromatic nitrogens is 2. The number of hydrogen-bond donors (Lipinski definition) is 2. The van der Waals surface area contributed by atoms with Gasteiger partial charge in [0.15, 0.2) is 0 Å². The first-order valence-corrected chi connectivity index (χ1v) is 9.03. The number of aryl methyl sites for hydroxylation is 1. The summed E-state index contributed by atoms with van der Waals surface area (Å²) in [5.41, 5.74) is 7.19. The Morgan fingerprint density at radius 3 is 2.69 bits per heavy atom. The second-order valence-electron chi connectivity index (χ2n) is 5.73. The number of primary amides is 1. The molecule has 8 heteroatoms. The molecule has 0 aliphatic rings. The summed E-state index contributed by atoms with van der Waals surface area (Å²) in [5, 5.41) is 14.4. The Morgan fingerprint density at radius 2 is 2.00 bits per heavy atom. The second-order valence-corrected chi connectivity index (χ2v) is 6.51. The lowest BCUT2D eigenvalue weighted by molar-refractivity contribution is -0.127. The fourth-order valence-corrected chi connectivity index (χ4v) is 3.05. The fraction of sp³-hybridized carbons (Fsp3) is 0.222. The average Bonchev–Trinajstić information content (AvgIpc) is 3.31. The van der Waals surface area contributed by atoms with E-state index < -0.39 is 11.9 Å². The Bertz CT molecular complexity index is 862. The largest absolute Gasteiger partial charge is 0.421 e. The minimum atomic E-state index is -0.756. The first-order chi connectivity index (χ1) is 12.6. The highest BCUT2D eigenvalue weighted by molar-refractivity contribution is 7.08. The number of amides is 2. The predicted octanol–water partition coefficient (Wildman–Crippen LogP) is 1.94. The van der Waals surface area contributed by atoms with Crippen LogP contribution in [0.25, 0.3) is 11.5 Å². The van der Waals surface area contributed by atoms with Crippen LogP contribution in [-0.4, -0.2) is 28.1 Å². The summed E-state index contributed by atoms with van der Waals surface area (Å²) in [4.78, 5) is 23.8. The van der Waals surface area contributed by atoms with Crippen molar-refractivity contribution in [2.24, 2.45) is 5.73 Å². The number of hydrogen-bond acceptors (Lipinski definition) is 6. The van der Waals surface area contributed by atoms with E-state index in [1.807, 2.05) is 47.2 Å². The van der Waals surface area contributed by atoms with Crippen molar-refractivity contribution in [3.8, 4) is 11.5 Å². The Labute approximate surface area is 154 Å². The molecule has 0 saturated heterocycles. The fourth-order valence-electron chi connectivity index (χ4n) is 2.42. The molecule has 26 heavy (non-hydrogen) atoms. The van der Waals surface area contributed by atoms with Crippen molar-refractivity contribution in [2.45, 2.75) is 25.3 Å². The highest BCUT2D eigenvalue weighted by atomic mass is 32.1. The summed E-state index contributed by atoms with van der Waals surface area (Å²) in [6, 6.07) is 10.5. The van der Waals surface area contributed by atoms with Crippen LogP contribution in [0.4, 0.5) is 0 Å².